The molecule has 0 saturated carbocycles. The van der Waals surface area contributed by atoms with Gasteiger partial charge < -0.3 is 14.1 Å². The fourth-order valence-electron chi connectivity index (χ4n) is 3.47. The summed E-state index contributed by atoms with van der Waals surface area (Å²) in [4.78, 5) is 27.0. The van der Waals surface area contributed by atoms with Crippen LogP contribution in [0.2, 0.25) is 0 Å². The number of piperidine rings is 1. The minimum absolute atomic E-state index is 0.0946. The quantitative estimate of drug-likeness (QED) is 0.679. The number of amides is 1. The summed E-state index contributed by atoms with van der Waals surface area (Å²) in [6.07, 6.45) is 8.92. The second-order valence-corrected chi connectivity index (χ2v) is 6.87. The van der Waals surface area contributed by atoms with Crippen LogP contribution in [0.1, 0.15) is 46.5 Å². The highest BCUT2D eigenvalue weighted by atomic mass is 16.5. The van der Waals surface area contributed by atoms with Gasteiger partial charge in [-0.1, -0.05) is 12.1 Å². The molecule has 1 aliphatic rings. The van der Waals surface area contributed by atoms with E-state index < -0.39 is 0 Å². The van der Waals surface area contributed by atoms with Crippen LogP contribution >= 0.6 is 0 Å². The Morgan fingerprint density at radius 2 is 2.07 bits per heavy atom. The van der Waals surface area contributed by atoms with Gasteiger partial charge in [0.15, 0.2) is 5.89 Å². The topological polar surface area (TPSA) is 81.4 Å². The second kappa shape index (κ2) is 8.21. The third-order valence-electron chi connectivity index (χ3n) is 4.95. The smallest absolute Gasteiger partial charge is 0.274 e. The van der Waals surface area contributed by atoms with Gasteiger partial charge in [0.05, 0.1) is 25.4 Å². The van der Waals surface area contributed by atoms with Crippen molar-refractivity contribution in [1.82, 2.24) is 19.9 Å². The van der Waals surface area contributed by atoms with E-state index in [2.05, 4.69) is 15.0 Å². The zero-order chi connectivity index (χ0) is 19.3. The summed E-state index contributed by atoms with van der Waals surface area (Å²) in [6, 6.07) is 7.90. The zero-order valence-electron chi connectivity index (χ0n) is 15.7. The molecule has 0 radical (unpaired) electrons. The Morgan fingerprint density at radius 3 is 2.82 bits per heavy atom. The summed E-state index contributed by atoms with van der Waals surface area (Å²) in [5.41, 5.74) is 1.50. The number of nitrogens with zero attached hydrogens (tertiary/aromatic N) is 4. The molecule has 144 valence electrons. The van der Waals surface area contributed by atoms with Gasteiger partial charge in [0.2, 0.25) is 0 Å². The number of likely N-dealkylation sites (tertiary alicyclic amines) is 1. The standard InChI is InChI=1S/C21H22N4O3/c1-27-17-6-4-15(5-7-17)11-18-12-24-20(28-18)16-3-2-10-25(14-16)21(26)19-13-22-8-9-23-19/h4-9,12-13,16H,2-3,10-11,14H2,1H3/t16-/m1/s1. The minimum atomic E-state index is -0.0946. The van der Waals surface area contributed by atoms with Crippen LogP contribution in [-0.4, -0.2) is 46.0 Å². The molecule has 1 atom stereocenters. The van der Waals surface area contributed by atoms with Crippen LogP contribution in [0.3, 0.4) is 0 Å². The summed E-state index contributed by atoms with van der Waals surface area (Å²) >= 11 is 0. The van der Waals surface area contributed by atoms with Gasteiger partial charge in [-0.2, -0.15) is 0 Å². The van der Waals surface area contributed by atoms with Crippen molar-refractivity contribution in [2.24, 2.45) is 0 Å². The molecule has 28 heavy (non-hydrogen) atoms. The van der Waals surface area contributed by atoms with Gasteiger partial charge in [0, 0.05) is 31.9 Å². The van der Waals surface area contributed by atoms with Crippen molar-refractivity contribution in [1.29, 1.82) is 0 Å². The predicted molar refractivity (Wildman–Crippen MR) is 102 cm³/mol. The summed E-state index contributed by atoms with van der Waals surface area (Å²) in [6.45, 7) is 1.29. The number of carbonyl (C=O) groups excluding carboxylic acids is 1. The Bertz CT molecular complexity index is 924. The molecular formula is C21H22N4O3. The second-order valence-electron chi connectivity index (χ2n) is 6.87. The van der Waals surface area contributed by atoms with Crippen LogP contribution in [0.5, 0.6) is 5.75 Å². The molecule has 4 rings (SSSR count). The average molecular weight is 378 g/mol. The highest BCUT2D eigenvalue weighted by Gasteiger charge is 2.29. The minimum Gasteiger partial charge on any atom is -0.497 e. The maximum Gasteiger partial charge on any atom is 0.274 e. The third kappa shape index (κ3) is 4.03. The molecule has 2 aromatic heterocycles. The Hall–Kier alpha value is -3.22. The van der Waals surface area contributed by atoms with Gasteiger partial charge in [0.25, 0.3) is 5.91 Å². The van der Waals surface area contributed by atoms with Crippen LogP contribution < -0.4 is 4.74 Å². The third-order valence-corrected chi connectivity index (χ3v) is 4.95. The fraction of sp³-hybridized carbons (Fsp3) is 0.333. The molecule has 1 aliphatic heterocycles. The molecule has 0 unspecified atom stereocenters. The first-order valence-electron chi connectivity index (χ1n) is 9.36. The average Bonchev–Trinajstić information content (AvgIpc) is 3.23. The number of ether oxygens (including phenoxy) is 1. The SMILES string of the molecule is COc1ccc(Cc2cnc([C@@H]3CCCN(C(=O)c4cnccn4)C3)o2)cc1. The lowest BCUT2D eigenvalue weighted by Crippen LogP contribution is -2.39. The summed E-state index contributed by atoms with van der Waals surface area (Å²) < 4.78 is 11.2. The van der Waals surface area contributed by atoms with Crippen molar-refractivity contribution >= 4 is 5.91 Å². The lowest BCUT2D eigenvalue weighted by molar-refractivity contribution is 0.0691. The molecule has 0 bridgehead atoms. The molecule has 3 heterocycles. The van der Waals surface area contributed by atoms with Crippen LogP contribution in [0.25, 0.3) is 0 Å². The predicted octanol–water partition coefficient (Wildman–Crippen LogP) is 3.08. The van der Waals surface area contributed by atoms with Crippen LogP contribution in [0, 0.1) is 0 Å². The van der Waals surface area contributed by atoms with Crippen LogP contribution in [-0.2, 0) is 6.42 Å². The molecule has 7 nitrogen and oxygen atoms in total. The number of carbonyl (C=O) groups is 1. The van der Waals surface area contributed by atoms with E-state index in [1.165, 1.54) is 12.4 Å². The largest absolute Gasteiger partial charge is 0.497 e. The maximum absolute atomic E-state index is 12.6. The first-order valence-corrected chi connectivity index (χ1v) is 9.36. The zero-order valence-corrected chi connectivity index (χ0v) is 15.7. The van der Waals surface area contributed by atoms with Crippen molar-refractivity contribution in [2.75, 3.05) is 20.2 Å². The fourth-order valence-corrected chi connectivity index (χ4v) is 3.47. The van der Waals surface area contributed by atoms with E-state index in [-0.39, 0.29) is 11.8 Å². The van der Waals surface area contributed by atoms with Gasteiger partial charge in [0.1, 0.15) is 17.2 Å². The van der Waals surface area contributed by atoms with Gasteiger partial charge in [-0.3, -0.25) is 9.78 Å². The number of oxazole rings is 1. The van der Waals surface area contributed by atoms with Crippen molar-refractivity contribution < 1.29 is 13.9 Å². The Labute approximate surface area is 163 Å². The van der Waals surface area contributed by atoms with Crippen molar-refractivity contribution in [2.45, 2.75) is 25.2 Å². The highest BCUT2D eigenvalue weighted by Crippen LogP contribution is 2.28. The summed E-state index contributed by atoms with van der Waals surface area (Å²) in [5, 5.41) is 0. The molecule has 1 aromatic carbocycles. The van der Waals surface area contributed by atoms with E-state index in [4.69, 9.17) is 9.15 Å². The van der Waals surface area contributed by atoms with Crippen molar-refractivity contribution in [3.05, 3.63) is 72.0 Å². The van der Waals surface area contributed by atoms with E-state index in [0.717, 1.165) is 29.9 Å². The van der Waals surface area contributed by atoms with Gasteiger partial charge in [-0.05, 0) is 30.5 Å². The number of benzene rings is 1. The Balaban J connectivity index is 1.42. The lowest BCUT2D eigenvalue weighted by Gasteiger charge is -2.30. The number of hydrogen-bond donors (Lipinski definition) is 0. The monoisotopic (exact) mass is 378 g/mol. The van der Waals surface area contributed by atoms with E-state index in [1.54, 1.807) is 19.5 Å². The molecule has 1 saturated heterocycles. The number of aromatic nitrogens is 3. The van der Waals surface area contributed by atoms with E-state index >= 15 is 0 Å². The Kier molecular flexibility index (Phi) is 5.32. The van der Waals surface area contributed by atoms with Crippen molar-refractivity contribution in [3.8, 4) is 5.75 Å². The molecule has 0 spiro atoms. The van der Waals surface area contributed by atoms with Crippen molar-refractivity contribution in [3.63, 3.8) is 0 Å². The highest BCUT2D eigenvalue weighted by molar-refractivity contribution is 5.92. The molecule has 3 aromatic rings. The first kappa shape index (κ1) is 18.2. The first-order chi connectivity index (χ1) is 13.7. The summed E-state index contributed by atoms with van der Waals surface area (Å²) in [5.74, 6) is 2.34. The summed E-state index contributed by atoms with van der Waals surface area (Å²) in [7, 11) is 1.65. The number of rotatable bonds is 5. The molecule has 0 aliphatic carbocycles. The van der Waals surface area contributed by atoms with E-state index in [0.29, 0.717) is 31.1 Å². The normalized spacial score (nSPS) is 16.8. The van der Waals surface area contributed by atoms with E-state index in [9.17, 15) is 4.79 Å². The van der Waals surface area contributed by atoms with Crippen LogP contribution in [0.15, 0.2) is 53.5 Å². The van der Waals surface area contributed by atoms with Gasteiger partial charge in [-0.25, -0.2) is 9.97 Å². The maximum atomic E-state index is 12.6. The van der Waals surface area contributed by atoms with Crippen LogP contribution in [0.4, 0.5) is 0 Å². The molecular weight excluding hydrogens is 356 g/mol. The Morgan fingerprint density at radius 1 is 1.21 bits per heavy atom. The molecule has 1 fully saturated rings. The van der Waals surface area contributed by atoms with E-state index in [1.807, 2.05) is 29.2 Å². The number of methoxy groups -OCH3 is 1. The van der Waals surface area contributed by atoms with Gasteiger partial charge >= 0.3 is 0 Å². The molecule has 1 amide bonds. The number of hydrogen-bond acceptors (Lipinski definition) is 6. The molecule has 7 heteroatoms. The van der Waals surface area contributed by atoms with Gasteiger partial charge in [-0.15, -0.1) is 0 Å². The molecule has 0 N–H and O–H groups in total. The lowest BCUT2D eigenvalue weighted by atomic mass is 9.98.